The number of rotatable bonds is 6. The van der Waals surface area contributed by atoms with E-state index in [1.54, 1.807) is 6.20 Å². The topological polar surface area (TPSA) is 50.6 Å². The van der Waals surface area contributed by atoms with Gasteiger partial charge in [0.05, 0.1) is 24.4 Å². The highest BCUT2D eigenvalue weighted by atomic mass is 16.5. The Balaban J connectivity index is 1.57. The minimum atomic E-state index is 0.138. The summed E-state index contributed by atoms with van der Waals surface area (Å²) in [5.41, 5.74) is 1.77. The van der Waals surface area contributed by atoms with Crippen molar-refractivity contribution in [3.8, 4) is 0 Å². The molecule has 2 saturated heterocycles. The predicted octanol–water partition coefficient (Wildman–Crippen LogP) is 2.35. The SMILES string of the molecule is CCC(CC)n1ncc(C(=O)N2CCN(CC3CCOC3)CC2)c1C. The smallest absolute Gasteiger partial charge is 0.257 e. The first-order chi connectivity index (χ1) is 12.1. The first-order valence-electron chi connectivity index (χ1n) is 9.77. The van der Waals surface area contributed by atoms with Crippen LogP contribution in [0.4, 0.5) is 0 Å². The molecule has 1 unspecified atom stereocenters. The summed E-state index contributed by atoms with van der Waals surface area (Å²) in [6, 6.07) is 0.382. The number of amides is 1. The van der Waals surface area contributed by atoms with E-state index >= 15 is 0 Å². The standard InChI is InChI=1S/C19H32N4O2/c1-4-17(5-2)23-15(3)18(12-20-23)19(24)22-9-7-21(8-10-22)13-16-6-11-25-14-16/h12,16-17H,4-11,13-14H2,1-3H3. The molecule has 1 amide bonds. The summed E-state index contributed by atoms with van der Waals surface area (Å²) in [4.78, 5) is 17.4. The molecule has 1 aromatic rings. The van der Waals surface area contributed by atoms with E-state index < -0.39 is 0 Å². The Morgan fingerprint density at radius 1 is 1.28 bits per heavy atom. The van der Waals surface area contributed by atoms with Gasteiger partial charge in [0.25, 0.3) is 5.91 Å². The van der Waals surface area contributed by atoms with Gasteiger partial charge in [0.15, 0.2) is 0 Å². The monoisotopic (exact) mass is 348 g/mol. The Kier molecular flexibility index (Phi) is 6.12. The molecule has 0 radical (unpaired) electrons. The fourth-order valence-corrected chi connectivity index (χ4v) is 4.03. The molecule has 1 aromatic heterocycles. The van der Waals surface area contributed by atoms with E-state index in [0.717, 1.165) is 70.0 Å². The van der Waals surface area contributed by atoms with Crippen LogP contribution >= 0.6 is 0 Å². The largest absolute Gasteiger partial charge is 0.381 e. The van der Waals surface area contributed by atoms with Gasteiger partial charge in [-0.3, -0.25) is 14.4 Å². The summed E-state index contributed by atoms with van der Waals surface area (Å²) in [6.45, 7) is 12.8. The molecular weight excluding hydrogens is 316 g/mol. The first kappa shape index (κ1) is 18.4. The van der Waals surface area contributed by atoms with Crippen LogP contribution in [0.1, 0.15) is 55.2 Å². The van der Waals surface area contributed by atoms with Crippen molar-refractivity contribution in [2.75, 3.05) is 45.9 Å². The average molecular weight is 348 g/mol. The van der Waals surface area contributed by atoms with Gasteiger partial charge in [-0.15, -0.1) is 0 Å². The molecule has 6 nitrogen and oxygen atoms in total. The maximum absolute atomic E-state index is 12.9. The van der Waals surface area contributed by atoms with Crippen molar-refractivity contribution in [2.45, 2.75) is 46.1 Å². The molecule has 6 heteroatoms. The molecule has 2 fully saturated rings. The van der Waals surface area contributed by atoms with E-state index in [4.69, 9.17) is 4.74 Å². The Labute approximate surface area is 151 Å². The molecule has 3 rings (SSSR count). The van der Waals surface area contributed by atoms with Crippen LogP contribution in [0.5, 0.6) is 0 Å². The molecule has 0 spiro atoms. The Morgan fingerprint density at radius 3 is 2.60 bits per heavy atom. The number of ether oxygens (including phenoxy) is 1. The van der Waals surface area contributed by atoms with Crippen LogP contribution in [0, 0.1) is 12.8 Å². The predicted molar refractivity (Wildman–Crippen MR) is 97.9 cm³/mol. The lowest BCUT2D eigenvalue weighted by Crippen LogP contribution is -2.49. The van der Waals surface area contributed by atoms with E-state index in [1.165, 1.54) is 6.42 Å². The van der Waals surface area contributed by atoms with Gasteiger partial charge in [0, 0.05) is 45.0 Å². The van der Waals surface area contributed by atoms with Crippen LogP contribution in [0.15, 0.2) is 6.20 Å². The lowest BCUT2D eigenvalue weighted by molar-refractivity contribution is 0.0610. The molecule has 0 aromatic carbocycles. The van der Waals surface area contributed by atoms with Gasteiger partial charge in [0.2, 0.25) is 0 Å². The molecule has 0 bridgehead atoms. The minimum Gasteiger partial charge on any atom is -0.381 e. The second kappa shape index (κ2) is 8.32. The molecule has 0 saturated carbocycles. The second-order valence-corrected chi connectivity index (χ2v) is 7.38. The summed E-state index contributed by atoms with van der Waals surface area (Å²) >= 11 is 0. The van der Waals surface area contributed by atoms with E-state index in [2.05, 4.69) is 23.8 Å². The summed E-state index contributed by atoms with van der Waals surface area (Å²) in [6.07, 6.45) is 5.01. The van der Waals surface area contributed by atoms with Crippen molar-refractivity contribution >= 4 is 5.91 Å². The fourth-order valence-electron chi connectivity index (χ4n) is 4.03. The normalized spacial score (nSPS) is 22.1. The minimum absolute atomic E-state index is 0.138. The van der Waals surface area contributed by atoms with Gasteiger partial charge in [-0.25, -0.2) is 0 Å². The van der Waals surface area contributed by atoms with E-state index in [0.29, 0.717) is 12.0 Å². The van der Waals surface area contributed by atoms with Crippen molar-refractivity contribution in [1.29, 1.82) is 0 Å². The molecule has 3 heterocycles. The lowest BCUT2D eigenvalue weighted by Gasteiger charge is -2.35. The third-order valence-corrected chi connectivity index (χ3v) is 5.76. The number of aromatic nitrogens is 2. The van der Waals surface area contributed by atoms with Crippen molar-refractivity contribution in [2.24, 2.45) is 5.92 Å². The molecule has 140 valence electrons. The average Bonchev–Trinajstić information content (AvgIpc) is 3.27. The number of hydrogen-bond acceptors (Lipinski definition) is 4. The van der Waals surface area contributed by atoms with Crippen LogP contribution < -0.4 is 0 Å². The van der Waals surface area contributed by atoms with Crippen LogP contribution in [-0.4, -0.2) is 71.4 Å². The summed E-state index contributed by atoms with van der Waals surface area (Å²) < 4.78 is 7.50. The van der Waals surface area contributed by atoms with Crippen LogP contribution in [0.2, 0.25) is 0 Å². The quantitative estimate of drug-likeness (QED) is 0.792. The number of nitrogens with zero attached hydrogens (tertiary/aromatic N) is 4. The maximum Gasteiger partial charge on any atom is 0.257 e. The molecule has 0 N–H and O–H groups in total. The summed E-state index contributed by atoms with van der Waals surface area (Å²) in [5.74, 6) is 0.807. The van der Waals surface area contributed by atoms with Crippen molar-refractivity contribution < 1.29 is 9.53 Å². The molecular formula is C19H32N4O2. The summed E-state index contributed by atoms with van der Waals surface area (Å²) in [5, 5.41) is 4.50. The lowest BCUT2D eigenvalue weighted by atomic mass is 10.1. The van der Waals surface area contributed by atoms with Crippen molar-refractivity contribution in [3.63, 3.8) is 0 Å². The zero-order valence-corrected chi connectivity index (χ0v) is 15.9. The Morgan fingerprint density at radius 2 is 2.00 bits per heavy atom. The summed E-state index contributed by atoms with van der Waals surface area (Å²) in [7, 11) is 0. The molecule has 2 aliphatic heterocycles. The van der Waals surface area contributed by atoms with E-state index in [9.17, 15) is 4.79 Å². The van der Waals surface area contributed by atoms with E-state index in [-0.39, 0.29) is 5.91 Å². The van der Waals surface area contributed by atoms with Gasteiger partial charge in [-0.1, -0.05) is 13.8 Å². The Bertz CT molecular complexity index is 568. The van der Waals surface area contributed by atoms with E-state index in [1.807, 2.05) is 16.5 Å². The maximum atomic E-state index is 12.9. The highest BCUT2D eigenvalue weighted by molar-refractivity contribution is 5.95. The van der Waals surface area contributed by atoms with Gasteiger partial charge < -0.3 is 9.64 Å². The number of carbonyl (C=O) groups is 1. The van der Waals surface area contributed by atoms with Gasteiger partial charge >= 0.3 is 0 Å². The highest BCUT2D eigenvalue weighted by Gasteiger charge is 2.27. The van der Waals surface area contributed by atoms with Crippen molar-refractivity contribution in [1.82, 2.24) is 19.6 Å². The number of hydrogen-bond donors (Lipinski definition) is 0. The molecule has 25 heavy (non-hydrogen) atoms. The Hall–Kier alpha value is -1.40. The number of carbonyl (C=O) groups excluding carboxylic acids is 1. The fraction of sp³-hybridized carbons (Fsp3) is 0.789. The zero-order valence-electron chi connectivity index (χ0n) is 15.9. The van der Waals surface area contributed by atoms with Gasteiger partial charge in [-0.2, -0.15) is 5.10 Å². The van der Waals surface area contributed by atoms with Gasteiger partial charge in [0.1, 0.15) is 0 Å². The van der Waals surface area contributed by atoms with Crippen LogP contribution in [0.3, 0.4) is 0 Å². The molecule has 0 aliphatic carbocycles. The number of piperazine rings is 1. The zero-order chi connectivity index (χ0) is 17.8. The molecule has 2 aliphatic rings. The molecule has 1 atom stereocenters. The van der Waals surface area contributed by atoms with Crippen LogP contribution in [-0.2, 0) is 4.74 Å². The van der Waals surface area contributed by atoms with Crippen molar-refractivity contribution in [3.05, 3.63) is 17.5 Å². The van der Waals surface area contributed by atoms with Crippen LogP contribution in [0.25, 0.3) is 0 Å². The highest BCUT2D eigenvalue weighted by Crippen LogP contribution is 2.21. The first-order valence-corrected chi connectivity index (χ1v) is 9.77. The third kappa shape index (κ3) is 4.06. The third-order valence-electron chi connectivity index (χ3n) is 5.76. The second-order valence-electron chi connectivity index (χ2n) is 7.38. The van der Waals surface area contributed by atoms with Gasteiger partial charge in [-0.05, 0) is 32.1 Å².